The molecule has 2 aromatic heterocycles. The van der Waals surface area contributed by atoms with Gasteiger partial charge in [0.05, 0.1) is 17.9 Å². The number of amides is 1. The van der Waals surface area contributed by atoms with Crippen molar-refractivity contribution in [3.8, 4) is 0 Å². The number of nitrogens with two attached hydrogens (primary N) is 1. The Kier molecular flexibility index (Phi) is 4.41. The summed E-state index contributed by atoms with van der Waals surface area (Å²) in [4.78, 5) is 15.7. The van der Waals surface area contributed by atoms with Crippen LogP contribution in [0.2, 0.25) is 0 Å². The van der Waals surface area contributed by atoms with Crippen molar-refractivity contribution in [1.29, 1.82) is 0 Å². The molecule has 0 saturated heterocycles. The number of hydrogen-bond donors (Lipinski definition) is 4. The van der Waals surface area contributed by atoms with Crippen molar-refractivity contribution < 1.29 is 10.0 Å². The van der Waals surface area contributed by atoms with Crippen LogP contribution in [0.15, 0.2) is 18.3 Å². The lowest BCUT2D eigenvalue weighted by atomic mass is 10.2. The first-order valence-corrected chi connectivity index (χ1v) is 6.59. The van der Waals surface area contributed by atoms with Gasteiger partial charge in [0, 0.05) is 6.20 Å². The van der Waals surface area contributed by atoms with Crippen molar-refractivity contribution in [1.82, 2.24) is 14.9 Å². The SMILES string of the molecule is CCCCc1nc2c(N)cccn2c1NCC(=O)NO. The number of nitrogens with zero attached hydrogens (tertiary/aromatic N) is 2. The average molecular weight is 277 g/mol. The van der Waals surface area contributed by atoms with Gasteiger partial charge in [-0.3, -0.25) is 14.4 Å². The molecule has 20 heavy (non-hydrogen) atoms. The summed E-state index contributed by atoms with van der Waals surface area (Å²) in [7, 11) is 0. The summed E-state index contributed by atoms with van der Waals surface area (Å²) in [6, 6.07) is 3.61. The topological polar surface area (TPSA) is 105 Å². The van der Waals surface area contributed by atoms with E-state index >= 15 is 0 Å². The van der Waals surface area contributed by atoms with Crippen LogP contribution < -0.4 is 16.5 Å². The molecule has 0 aromatic carbocycles. The minimum atomic E-state index is -0.509. The van der Waals surface area contributed by atoms with E-state index in [2.05, 4.69) is 17.2 Å². The Bertz CT molecular complexity index is 608. The summed E-state index contributed by atoms with van der Waals surface area (Å²) < 4.78 is 1.82. The standard InChI is InChI=1S/C13H19N5O2/c1-2-3-6-10-13(15-8-11(19)17-20)18-7-4-5-9(14)12(18)16-10/h4-5,7,15,20H,2-3,6,8,14H2,1H3,(H,17,19). The Labute approximate surface area is 116 Å². The number of fused-ring (bicyclic) bond motifs is 1. The molecule has 7 heteroatoms. The minimum absolute atomic E-state index is 0.0295. The van der Waals surface area contributed by atoms with Crippen LogP contribution in [0.1, 0.15) is 25.5 Å². The van der Waals surface area contributed by atoms with Gasteiger partial charge in [-0.1, -0.05) is 13.3 Å². The first-order valence-electron chi connectivity index (χ1n) is 6.59. The summed E-state index contributed by atoms with van der Waals surface area (Å²) in [6.45, 7) is 2.08. The second kappa shape index (κ2) is 6.25. The summed E-state index contributed by atoms with van der Waals surface area (Å²) in [5, 5.41) is 11.5. The van der Waals surface area contributed by atoms with Gasteiger partial charge in [0.25, 0.3) is 5.91 Å². The van der Waals surface area contributed by atoms with Gasteiger partial charge in [-0.25, -0.2) is 10.5 Å². The molecule has 5 N–H and O–H groups in total. The molecule has 0 fully saturated rings. The third-order valence-corrected chi connectivity index (χ3v) is 3.06. The van der Waals surface area contributed by atoms with Gasteiger partial charge in [0.2, 0.25) is 0 Å². The fourth-order valence-corrected chi connectivity index (χ4v) is 2.04. The number of carbonyl (C=O) groups is 1. The molecule has 2 heterocycles. The number of aromatic nitrogens is 2. The second-order valence-corrected chi connectivity index (χ2v) is 4.56. The summed E-state index contributed by atoms with van der Waals surface area (Å²) >= 11 is 0. The molecular weight excluding hydrogens is 258 g/mol. The average Bonchev–Trinajstić information content (AvgIpc) is 2.81. The number of imidazole rings is 1. The maximum Gasteiger partial charge on any atom is 0.262 e. The fourth-order valence-electron chi connectivity index (χ4n) is 2.04. The molecule has 2 rings (SSSR count). The lowest BCUT2D eigenvalue weighted by Crippen LogP contribution is -2.27. The van der Waals surface area contributed by atoms with Crippen molar-refractivity contribution in [2.75, 3.05) is 17.6 Å². The van der Waals surface area contributed by atoms with E-state index in [-0.39, 0.29) is 6.54 Å². The minimum Gasteiger partial charge on any atom is -0.396 e. The highest BCUT2D eigenvalue weighted by atomic mass is 16.5. The highest BCUT2D eigenvalue weighted by molar-refractivity contribution is 5.80. The maximum absolute atomic E-state index is 11.2. The number of unbranched alkanes of at least 4 members (excludes halogenated alkanes) is 1. The number of anilines is 2. The van der Waals surface area contributed by atoms with Gasteiger partial charge < -0.3 is 11.1 Å². The summed E-state index contributed by atoms with van der Waals surface area (Å²) in [6.07, 6.45) is 4.71. The van der Waals surface area contributed by atoms with E-state index in [1.165, 1.54) is 0 Å². The van der Waals surface area contributed by atoms with Gasteiger partial charge in [-0.2, -0.15) is 0 Å². The molecule has 0 radical (unpaired) electrons. The zero-order valence-electron chi connectivity index (χ0n) is 11.4. The summed E-state index contributed by atoms with van der Waals surface area (Å²) in [5.41, 5.74) is 9.64. The number of aryl methyl sites for hydroxylation is 1. The van der Waals surface area contributed by atoms with Crippen LogP contribution in [0.3, 0.4) is 0 Å². The van der Waals surface area contributed by atoms with Gasteiger partial charge in [0.15, 0.2) is 5.65 Å². The highest BCUT2D eigenvalue weighted by Gasteiger charge is 2.14. The van der Waals surface area contributed by atoms with Crippen molar-refractivity contribution in [3.63, 3.8) is 0 Å². The predicted octanol–water partition coefficient (Wildman–Crippen LogP) is 1.18. The molecule has 0 bridgehead atoms. The molecular formula is C13H19N5O2. The molecule has 0 atom stereocenters. The first-order chi connectivity index (χ1) is 9.67. The molecule has 0 saturated carbocycles. The maximum atomic E-state index is 11.2. The lowest BCUT2D eigenvalue weighted by molar-refractivity contribution is -0.127. The predicted molar refractivity (Wildman–Crippen MR) is 76.6 cm³/mol. The van der Waals surface area contributed by atoms with E-state index in [1.807, 2.05) is 16.7 Å². The Morgan fingerprint density at radius 3 is 3.05 bits per heavy atom. The van der Waals surface area contributed by atoms with E-state index in [4.69, 9.17) is 10.9 Å². The molecule has 1 amide bonds. The van der Waals surface area contributed by atoms with Gasteiger partial charge in [-0.15, -0.1) is 0 Å². The van der Waals surface area contributed by atoms with Crippen molar-refractivity contribution in [3.05, 3.63) is 24.0 Å². The van der Waals surface area contributed by atoms with E-state index < -0.39 is 5.91 Å². The summed E-state index contributed by atoms with van der Waals surface area (Å²) in [5.74, 6) is 0.231. The third kappa shape index (κ3) is 2.83. The quantitative estimate of drug-likeness (QED) is 0.469. The van der Waals surface area contributed by atoms with Crippen LogP contribution in [0.5, 0.6) is 0 Å². The molecule has 0 aliphatic heterocycles. The Balaban J connectivity index is 2.36. The normalized spacial score (nSPS) is 10.7. The molecule has 0 aliphatic rings. The number of hydroxylamine groups is 1. The van der Waals surface area contributed by atoms with Crippen LogP contribution in [0.25, 0.3) is 5.65 Å². The van der Waals surface area contributed by atoms with Crippen molar-refractivity contribution >= 4 is 23.1 Å². The van der Waals surface area contributed by atoms with Crippen LogP contribution in [0, 0.1) is 0 Å². The number of pyridine rings is 1. The Morgan fingerprint density at radius 1 is 1.55 bits per heavy atom. The first kappa shape index (κ1) is 14.1. The molecule has 108 valence electrons. The van der Waals surface area contributed by atoms with Gasteiger partial charge in [0.1, 0.15) is 5.82 Å². The third-order valence-electron chi connectivity index (χ3n) is 3.06. The fraction of sp³-hybridized carbons (Fsp3) is 0.385. The molecule has 7 nitrogen and oxygen atoms in total. The van der Waals surface area contributed by atoms with Crippen LogP contribution in [0.4, 0.5) is 11.5 Å². The van der Waals surface area contributed by atoms with Crippen LogP contribution in [-0.2, 0) is 11.2 Å². The van der Waals surface area contributed by atoms with Crippen LogP contribution in [-0.4, -0.2) is 27.0 Å². The Hall–Kier alpha value is -2.28. The Morgan fingerprint density at radius 2 is 2.35 bits per heavy atom. The molecule has 0 spiro atoms. The van der Waals surface area contributed by atoms with Crippen LogP contribution >= 0.6 is 0 Å². The number of rotatable bonds is 6. The van der Waals surface area contributed by atoms with Gasteiger partial charge in [-0.05, 0) is 25.0 Å². The van der Waals surface area contributed by atoms with E-state index in [9.17, 15) is 4.79 Å². The number of hydrogen-bond acceptors (Lipinski definition) is 5. The molecule has 2 aromatic rings. The van der Waals surface area contributed by atoms with E-state index in [0.717, 1.165) is 30.8 Å². The largest absolute Gasteiger partial charge is 0.396 e. The highest BCUT2D eigenvalue weighted by Crippen LogP contribution is 2.23. The number of carbonyl (C=O) groups excluding carboxylic acids is 1. The van der Waals surface area contributed by atoms with Crippen molar-refractivity contribution in [2.24, 2.45) is 0 Å². The smallest absolute Gasteiger partial charge is 0.262 e. The zero-order valence-corrected chi connectivity index (χ0v) is 11.4. The van der Waals surface area contributed by atoms with Crippen molar-refractivity contribution in [2.45, 2.75) is 26.2 Å². The van der Waals surface area contributed by atoms with Gasteiger partial charge >= 0.3 is 0 Å². The molecule has 0 aliphatic carbocycles. The second-order valence-electron chi connectivity index (χ2n) is 4.56. The lowest BCUT2D eigenvalue weighted by Gasteiger charge is -2.07. The zero-order chi connectivity index (χ0) is 14.5. The monoisotopic (exact) mass is 277 g/mol. The van der Waals surface area contributed by atoms with E-state index in [1.54, 1.807) is 11.5 Å². The number of nitrogen functional groups attached to an aromatic ring is 1. The number of nitrogens with one attached hydrogen (secondary N) is 2. The van der Waals surface area contributed by atoms with E-state index in [0.29, 0.717) is 11.3 Å². The molecule has 0 unspecified atom stereocenters.